The number of piperidine rings is 1. The third kappa shape index (κ3) is 11.4. The maximum atomic E-state index is 13.2. The first-order chi connectivity index (χ1) is 32.6. The predicted octanol–water partition coefficient (Wildman–Crippen LogP) is 3.54. The first kappa shape index (κ1) is 45.9. The lowest BCUT2D eigenvalue weighted by Crippen LogP contribution is -2.54. The second-order valence-corrected chi connectivity index (χ2v) is 16.7. The summed E-state index contributed by atoms with van der Waals surface area (Å²) in [5, 5.41) is 27.6. The van der Waals surface area contributed by atoms with E-state index in [9.17, 15) is 29.2 Å². The van der Waals surface area contributed by atoms with E-state index in [1.807, 2.05) is 41.3 Å². The molecule has 0 spiro atoms. The van der Waals surface area contributed by atoms with E-state index in [2.05, 4.69) is 69.7 Å². The third-order valence-electron chi connectivity index (χ3n) is 12.3. The highest BCUT2D eigenvalue weighted by Crippen LogP contribution is 2.29. The summed E-state index contributed by atoms with van der Waals surface area (Å²) in [6.45, 7) is 4.79. The molecule has 19 nitrogen and oxygen atoms in total. The molecule has 8 rings (SSSR count). The summed E-state index contributed by atoms with van der Waals surface area (Å²) >= 11 is 0. The van der Waals surface area contributed by atoms with E-state index in [1.54, 1.807) is 18.2 Å². The zero-order valence-corrected chi connectivity index (χ0v) is 37.3. The molecule has 4 aromatic rings. The molecule has 346 valence electrons. The lowest BCUT2D eigenvalue weighted by molar-refractivity contribution is -0.136. The van der Waals surface area contributed by atoms with Crippen LogP contribution in [0.3, 0.4) is 0 Å². The van der Waals surface area contributed by atoms with Crippen LogP contribution in [0.2, 0.25) is 0 Å². The molecule has 3 fully saturated rings. The Morgan fingerprint density at radius 1 is 0.925 bits per heavy atom. The number of imide groups is 1. The van der Waals surface area contributed by atoms with Crippen LogP contribution in [0.25, 0.3) is 0 Å². The van der Waals surface area contributed by atoms with Crippen molar-refractivity contribution in [1.29, 1.82) is 5.26 Å². The highest BCUT2D eigenvalue weighted by Gasteiger charge is 2.39. The van der Waals surface area contributed by atoms with E-state index in [1.165, 1.54) is 24.3 Å². The minimum atomic E-state index is -0.637. The number of amides is 6. The number of carbonyl (C=O) groups excluding carboxylic acids is 5. The number of piperazine rings is 1. The summed E-state index contributed by atoms with van der Waals surface area (Å²) in [6.07, 6.45) is 7.84. The molecule has 2 aromatic heterocycles. The molecule has 3 aliphatic heterocycles. The number of ether oxygens (including phenoxy) is 1. The molecule has 19 heteroatoms. The molecule has 2 aromatic carbocycles. The number of aromatic nitrogens is 3. The molecule has 0 radical (unpaired) electrons. The Morgan fingerprint density at radius 3 is 2.48 bits per heavy atom. The van der Waals surface area contributed by atoms with Crippen molar-refractivity contribution in [3.63, 3.8) is 0 Å². The fraction of sp³-hybridized carbons (Fsp3) is 0.396. The zero-order valence-electron chi connectivity index (χ0n) is 37.3. The number of rotatable bonds is 14. The maximum absolute atomic E-state index is 13.2. The van der Waals surface area contributed by atoms with Crippen LogP contribution in [0.4, 0.5) is 33.6 Å². The van der Waals surface area contributed by atoms with Gasteiger partial charge in [-0.05, 0) is 92.3 Å². The van der Waals surface area contributed by atoms with E-state index in [-0.39, 0.29) is 59.2 Å². The van der Waals surface area contributed by atoms with Crippen molar-refractivity contribution in [2.75, 3.05) is 68.5 Å². The number of benzene rings is 2. The third-order valence-corrected chi connectivity index (χ3v) is 12.3. The van der Waals surface area contributed by atoms with Gasteiger partial charge in [0.25, 0.3) is 11.8 Å². The zero-order chi connectivity index (χ0) is 46.7. The van der Waals surface area contributed by atoms with Crippen molar-refractivity contribution >= 4 is 58.5 Å². The number of hydrogen-bond donors (Lipinski definition) is 6. The van der Waals surface area contributed by atoms with Gasteiger partial charge >= 0.3 is 6.03 Å². The van der Waals surface area contributed by atoms with Crippen LogP contribution in [0.15, 0.2) is 67.0 Å². The van der Waals surface area contributed by atoms with Crippen LogP contribution in [0.5, 0.6) is 0 Å². The summed E-state index contributed by atoms with van der Waals surface area (Å²) in [6, 6.07) is 18.7. The molecule has 1 unspecified atom stereocenters. The number of anilines is 5. The number of nitrogens with zero attached hydrogens (tertiary/aromatic N) is 7. The first-order valence-corrected chi connectivity index (χ1v) is 22.6. The summed E-state index contributed by atoms with van der Waals surface area (Å²) < 4.78 is 5.82. The van der Waals surface area contributed by atoms with Crippen LogP contribution in [0, 0.1) is 23.2 Å². The number of pyridine rings is 1. The largest absolute Gasteiger partial charge is 0.379 e. The second-order valence-electron chi connectivity index (χ2n) is 16.7. The van der Waals surface area contributed by atoms with Crippen LogP contribution in [0.1, 0.15) is 82.5 Å². The first-order valence-electron chi connectivity index (χ1n) is 22.6. The topological polar surface area (TPSA) is 239 Å². The van der Waals surface area contributed by atoms with Gasteiger partial charge in [0.15, 0.2) is 11.5 Å². The maximum Gasteiger partial charge on any atom is 0.317 e. The van der Waals surface area contributed by atoms with E-state index < -0.39 is 11.9 Å². The van der Waals surface area contributed by atoms with Crippen LogP contribution in [-0.4, -0.2) is 126 Å². The quantitative estimate of drug-likeness (QED) is 0.0603. The van der Waals surface area contributed by atoms with E-state index in [4.69, 9.17) is 4.74 Å². The van der Waals surface area contributed by atoms with Gasteiger partial charge in [-0.3, -0.25) is 24.5 Å². The molecule has 0 bridgehead atoms. The summed E-state index contributed by atoms with van der Waals surface area (Å²) in [4.78, 5) is 81.0. The van der Waals surface area contributed by atoms with E-state index in [0.29, 0.717) is 76.1 Å². The van der Waals surface area contributed by atoms with E-state index in [0.717, 1.165) is 54.7 Å². The van der Waals surface area contributed by atoms with Crippen LogP contribution in [-0.2, 0) is 20.9 Å². The SMILES string of the molecule is CNC(=O)c1ncccc1Nc1nc(Nc2ccc(N3CCN(C(=O)NC4CCC(NCCOCCC#Cc5ccc6c(c5)CN(C5CCC(=O)NC5=O)C6=O)CC4)CC3)cc2)ncc1C#N. The second kappa shape index (κ2) is 21.6. The minimum absolute atomic E-state index is 0.0144. The minimum Gasteiger partial charge on any atom is -0.379 e. The van der Waals surface area contributed by atoms with Crippen molar-refractivity contribution in [3.8, 4) is 17.9 Å². The molecule has 1 saturated carbocycles. The van der Waals surface area contributed by atoms with Gasteiger partial charge < -0.3 is 46.0 Å². The lowest BCUT2D eigenvalue weighted by Gasteiger charge is -2.37. The number of nitrogens with one attached hydrogen (secondary N) is 6. The highest BCUT2D eigenvalue weighted by atomic mass is 16.5. The summed E-state index contributed by atoms with van der Waals surface area (Å²) in [5.41, 5.74) is 4.76. The smallest absolute Gasteiger partial charge is 0.317 e. The Morgan fingerprint density at radius 2 is 1.72 bits per heavy atom. The Bertz CT molecular complexity index is 2590. The lowest BCUT2D eigenvalue weighted by atomic mass is 9.91. The van der Waals surface area contributed by atoms with Gasteiger partial charge in [-0.1, -0.05) is 11.8 Å². The molecular formula is C48H53N13O6. The molecule has 1 aliphatic carbocycles. The average Bonchev–Trinajstić information content (AvgIpc) is 3.67. The molecule has 6 N–H and O–H groups in total. The van der Waals surface area contributed by atoms with Gasteiger partial charge in [0, 0.05) is 99.9 Å². The van der Waals surface area contributed by atoms with Gasteiger partial charge in [0.1, 0.15) is 17.7 Å². The monoisotopic (exact) mass is 907 g/mol. The normalized spacial score (nSPS) is 19.1. The number of fused-ring (bicyclic) bond motifs is 1. The predicted molar refractivity (Wildman–Crippen MR) is 249 cm³/mol. The molecule has 4 aliphatic rings. The molecule has 6 amide bonds. The molecule has 1 atom stereocenters. The standard InChI is InChI=1S/C48H53N13O6/c1-50-45(64)42-39(6-4-19-52-42)56-43-33(28-49)29-53-47(58-43)54-35-12-14-37(15-13-35)59-21-23-60(24-22-59)48(66)55-36-10-8-34(9-11-36)51-20-26-67-25-3-2-5-31-7-16-38-32(27-31)30-61(46(38)65)40-17-18-41(62)57-44(40)63/h4,6-7,12-16,19,27,29,34,36,40,51H,3,8-11,17-18,20-26,30H2,1H3,(H,50,64)(H,55,66)(H,57,62,63)(H2,53,54,56,58). The van der Waals surface area contributed by atoms with E-state index >= 15 is 0 Å². The van der Waals surface area contributed by atoms with Gasteiger partial charge in [0.2, 0.25) is 17.8 Å². The average molecular weight is 908 g/mol. The van der Waals surface area contributed by atoms with Gasteiger partial charge in [-0.25, -0.2) is 14.8 Å². The Kier molecular flexibility index (Phi) is 14.8. The van der Waals surface area contributed by atoms with Crippen molar-refractivity contribution in [2.24, 2.45) is 0 Å². The van der Waals surface area contributed by atoms with Gasteiger partial charge in [0.05, 0.1) is 25.1 Å². The Labute approximate surface area is 388 Å². The van der Waals surface area contributed by atoms with Gasteiger partial charge in [-0.2, -0.15) is 10.2 Å². The van der Waals surface area contributed by atoms with Gasteiger partial charge in [-0.15, -0.1) is 0 Å². The number of nitriles is 1. The molecule has 5 heterocycles. The molecule has 67 heavy (non-hydrogen) atoms. The number of hydrogen-bond acceptors (Lipinski definition) is 14. The molecular weight excluding hydrogens is 855 g/mol. The number of carbonyl (C=O) groups is 5. The summed E-state index contributed by atoms with van der Waals surface area (Å²) in [5.74, 6) is 5.50. The van der Waals surface area contributed by atoms with Crippen molar-refractivity contribution in [2.45, 2.75) is 69.6 Å². The number of urea groups is 1. The van der Waals surface area contributed by atoms with Crippen molar-refractivity contribution in [3.05, 3.63) is 94.9 Å². The fourth-order valence-electron chi connectivity index (χ4n) is 8.69. The highest BCUT2D eigenvalue weighted by molar-refractivity contribution is 6.05. The fourth-order valence-corrected chi connectivity index (χ4v) is 8.69. The molecule has 2 saturated heterocycles. The van der Waals surface area contributed by atoms with Crippen LogP contribution >= 0.6 is 0 Å². The Balaban J connectivity index is 0.693. The Hall–Kier alpha value is -7.61. The van der Waals surface area contributed by atoms with Crippen molar-refractivity contribution in [1.82, 2.24) is 46.0 Å². The summed E-state index contributed by atoms with van der Waals surface area (Å²) in [7, 11) is 1.52. The van der Waals surface area contributed by atoms with Crippen molar-refractivity contribution < 1.29 is 28.7 Å². The van der Waals surface area contributed by atoms with Crippen LogP contribution < -0.4 is 36.8 Å².